The number of nitrogens with zero attached hydrogens (tertiary/aromatic N) is 1. The summed E-state index contributed by atoms with van der Waals surface area (Å²) in [4.78, 5) is 24.8. The van der Waals surface area contributed by atoms with Gasteiger partial charge < -0.3 is 15.4 Å². The molecule has 0 bridgehead atoms. The molecule has 1 saturated heterocycles. The Morgan fingerprint density at radius 3 is 2.80 bits per heavy atom. The maximum Gasteiger partial charge on any atom is 0.338 e. The summed E-state index contributed by atoms with van der Waals surface area (Å²) in [6.07, 6.45) is 1.72. The molecule has 5 heteroatoms. The summed E-state index contributed by atoms with van der Waals surface area (Å²) in [5.41, 5.74) is 7.86. The molecule has 0 aromatic heterocycles. The summed E-state index contributed by atoms with van der Waals surface area (Å²) in [7, 11) is 0. The molecule has 108 valence electrons. The molecule has 5 nitrogen and oxygen atoms in total. The average Bonchev–Trinajstić information content (AvgIpc) is 2.84. The first-order chi connectivity index (χ1) is 9.49. The molecule has 1 atom stereocenters. The van der Waals surface area contributed by atoms with E-state index < -0.39 is 6.03 Å². The number of likely N-dealkylation sites (tertiary alicyclic amines) is 1. The molecule has 1 aliphatic rings. The van der Waals surface area contributed by atoms with E-state index >= 15 is 0 Å². The van der Waals surface area contributed by atoms with Crippen molar-refractivity contribution in [1.29, 1.82) is 0 Å². The predicted octanol–water partition coefficient (Wildman–Crippen LogP) is 2.00. The standard InChI is InChI=1S/C15H20N2O3/c1-10-5-6-13(11(2)8-10)14(18)20-9-12-4-3-7-17(12)15(16)19/h5-6,8,12H,3-4,7,9H2,1-2H3,(H2,16,19)/t12-/m1/s1. The molecule has 1 aliphatic heterocycles. The quantitative estimate of drug-likeness (QED) is 0.858. The van der Waals surface area contributed by atoms with Crippen LogP contribution >= 0.6 is 0 Å². The SMILES string of the molecule is Cc1ccc(C(=O)OC[C@H]2CCCN2C(N)=O)c(C)c1. The number of carbonyl (C=O) groups excluding carboxylic acids is 2. The Kier molecular flexibility index (Phi) is 4.27. The molecular weight excluding hydrogens is 256 g/mol. The van der Waals surface area contributed by atoms with E-state index in [4.69, 9.17) is 10.5 Å². The number of carbonyl (C=O) groups is 2. The van der Waals surface area contributed by atoms with Crippen LogP contribution in [0.4, 0.5) is 4.79 Å². The van der Waals surface area contributed by atoms with Crippen molar-refractivity contribution in [2.75, 3.05) is 13.2 Å². The lowest BCUT2D eigenvalue weighted by molar-refractivity contribution is 0.0421. The molecule has 1 aromatic carbocycles. The van der Waals surface area contributed by atoms with Gasteiger partial charge in [0.15, 0.2) is 0 Å². The molecule has 0 spiro atoms. The largest absolute Gasteiger partial charge is 0.460 e. The fraction of sp³-hybridized carbons (Fsp3) is 0.467. The first-order valence-corrected chi connectivity index (χ1v) is 6.79. The van der Waals surface area contributed by atoms with E-state index in [1.165, 1.54) is 0 Å². The average molecular weight is 276 g/mol. The molecule has 2 amide bonds. The van der Waals surface area contributed by atoms with Crippen LogP contribution in [0, 0.1) is 13.8 Å². The Bertz CT molecular complexity index is 528. The van der Waals surface area contributed by atoms with Crippen LogP contribution in [0.5, 0.6) is 0 Å². The normalized spacial score (nSPS) is 18.1. The van der Waals surface area contributed by atoms with Gasteiger partial charge in [0.2, 0.25) is 0 Å². The number of rotatable bonds is 3. The number of primary amides is 1. The minimum atomic E-state index is -0.449. The highest BCUT2D eigenvalue weighted by Gasteiger charge is 2.28. The fourth-order valence-corrected chi connectivity index (χ4v) is 2.59. The predicted molar refractivity (Wildman–Crippen MR) is 75.5 cm³/mol. The lowest BCUT2D eigenvalue weighted by Gasteiger charge is -2.22. The summed E-state index contributed by atoms with van der Waals surface area (Å²) >= 11 is 0. The lowest BCUT2D eigenvalue weighted by Crippen LogP contribution is -2.42. The van der Waals surface area contributed by atoms with Crippen LogP contribution in [0.3, 0.4) is 0 Å². The second-order valence-electron chi connectivity index (χ2n) is 5.24. The number of amides is 2. The topological polar surface area (TPSA) is 72.6 Å². The highest BCUT2D eigenvalue weighted by molar-refractivity contribution is 5.91. The summed E-state index contributed by atoms with van der Waals surface area (Å²) in [5, 5.41) is 0. The van der Waals surface area contributed by atoms with E-state index in [9.17, 15) is 9.59 Å². The zero-order chi connectivity index (χ0) is 14.7. The Hall–Kier alpha value is -2.04. The molecule has 0 saturated carbocycles. The number of nitrogens with two attached hydrogens (primary N) is 1. The first-order valence-electron chi connectivity index (χ1n) is 6.79. The highest BCUT2D eigenvalue weighted by atomic mass is 16.5. The van der Waals surface area contributed by atoms with Crippen LogP contribution in [0.25, 0.3) is 0 Å². The van der Waals surface area contributed by atoms with Crippen LogP contribution in [0.15, 0.2) is 18.2 Å². The number of hydrogen-bond donors (Lipinski definition) is 1. The van der Waals surface area contributed by atoms with Crippen LogP contribution in [-0.2, 0) is 4.74 Å². The molecule has 1 aromatic rings. The molecule has 1 heterocycles. The van der Waals surface area contributed by atoms with E-state index in [1.807, 2.05) is 26.0 Å². The van der Waals surface area contributed by atoms with Gasteiger partial charge in [-0.3, -0.25) is 0 Å². The monoisotopic (exact) mass is 276 g/mol. The minimum Gasteiger partial charge on any atom is -0.460 e. The molecule has 0 radical (unpaired) electrons. The number of esters is 1. The number of benzene rings is 1. The summed E-state index contributed by atoms with van der Waals surface area (Å²) in [6, 6.07) is 5.06. The van der Waals surface area contributed by atoms with Gasteiger partial charge in [-0.25, -0.2) is 9.59 Å². The molecule has 2 rings (SSSR count). The maximum absolute atomic E-state index is 12.1. The third-order valence-corrected chi connectivity index (χ3v) is 3.67. The van der Waals surface area contributed by atoms with Crippen LogP contribution in [0.1, 0.15) is 34.3 Å². The van der Waals surface area contributed by atoms with Crippen molar-refractivity contribution < 1.29 is 14.3 Å². The van der Waals surface area contributed by atoms with Crippen molar-refractivity contribution in [3.63, 3.8) is 0 Å². The maximum atomic E-state index is 12.1. The third-order valence-electron chi connectivity index (χ3n) is 3.67. The van der Waals surface area contributed by atoms with Crippen LogP contribution in [0.2, 0.25) is 0 Å². The highest BCUT2D eigenvalue weighted by Crippen LogP contribution is 2.18. The van der Waals surface area contributed by atoms with Gasteiger partial charge in [0.1, 0.15) is 6.61 Å². The van der Waals surface area contributed by atoms with Gasteiger partial charge in [0.05, 0.1) is 11.6 Å². The smallest absolute Gasteiger partial charge is 0.338 e. The first kappa shape index (κ1) is 14.4. The van der Waals surface area contributed by atoms with E-state index in [-0.39, 0.29) is 18.6 Å². The van der Waals surface area contributed by atoms with Crippen molar-refractivity contribution in [3.8, 4) is 0 Å². The van der Waals surface area contributed by atoms with Crippen molar-refractivity contribution in [2.24, 2.45) is 5.73 Å². The van der Waals surface area contributed by atoms with Crippen molar-refractivity contribution in [3.05, 3.63) is 34.9 Å². The Morgan fingerprint density at radius 2 is 2.15 bits per heavy atom. The van der Waals surface area contributed by atoms with Crippen molar-refractivity contribution in [1.82, 2.24) is 4.90 Å². The van der Waals surface area contributed by atoms with Gasteiger partial charge in [-0.2, -0.15) is 0 Å². The van der Waals surface area contributed by atoms with E-state index in [0.717, 1.165) is 24.0 Å². The summed E-state index contributed by atoms with van der Waals surface area (Å²) in [6.45, 7) is 4.70. The van der Waals surface area contributed by atoms with Gasteiger partial charge in [-0.15, -0.1) is 0 Å². The van der Waals surface area contributed by atoms with Gasteiger partial charge >= 0.3 is 12.0 Å². The molecule has 0 aliphatic carbocycles. The molecule has 2 N–H and O–H groups in total. The van der Waals surface area contributed by atoms with Gasteiger partial charge in [0, 0.05) is 6.54 Å². The van der Waals surface area contributed by atoms with Gasteiger partial charge in [0.25, 0.3) is 0 Å². The van der Waals surface area contributed by atoms with Gasteiger partial charge in [-0.1, -0.05) is 17.7 Å². The molecule has 20 heavy (non-hydrogen) atoms. The number of ether oxygens (including phenoxy) is 1. The molecular formula is C15H20N2O3. The second-order valence-corrected chi connectivity index (χ2v) is 5.24. The summed E-state index contributed by atoms with van der Waals surface area (Å²) in [5.74, 6) is -0.348. The molecule has 1 fully saturated rings. The minimum absolute atomic E-state index is 0.0952. The van der Waals surface area contributed by atoms with Crippen LogP contribution < -0.4 is 5.73 Å². The Labute approximate surface area is 118 Å². The summed E-state index contributed by atoms with van der Waals surface area (Å²) < 4.78 is 5.32. The fourth-order valence-electron chi connectivity index (χ4n) is 2.59. The van der Waals surface area contributed by atoms with Crippen LogP contribution in [-0.4, -0.2) is 36.1 Å². The Morgan fingerprint density at radius 1 is 1.40 bits per heavy atom. The number of hydrogen-bond acceptors (Lipinski definition) is 3. The van der Waals surface area contributed by atoms with E-state index in [1.54, 1.807) is 11.0 Å². The lowest BCUT2D eigenvalue weighted by atomic mass is 10.1. The Balaban J connectivity index is 1.97. The number of aryl methyl sites for hydroxylation is 2. The zero-order valence-electron chi connectivity index (χ0n) is 11.9. The number of urea groups is 1. The van der Waals surface area contributed by atoms with E-state index in [2.05, 4.69) is 0 Å². The molecule has 0 unspecified atom stereocenters. The zero-order valence-corrected chi connectivity index (χ0v) is 11.9. The van der Waals surface area contributed by atoms with E-state index in [0.29, 0.717) is 12.1 Å². The third kappa shape index (κ3) is 3.10. The van der Waals surface area contributed by atoms with Gasteiger partial charge in [-0.05, 0) is 38.3 Å². The van der Waals surface area contributed by atoms with Crippen molar-refractivity contribution in [2.45, 2.75) is 32.7 Å². The van der Waals surface area contributed by atoms with Crippen molar-refractivity contribution >= 4 is 12.0 Å². The second kappa shape index (κ2) is 5.94.